The van der Waals surface area contributed by atoms with Crippen molar-refractivity contribution in [2.75, 3.05) is 6.54 Å². The van der Waals surface area contributed by atoms with Gasteiger partial charge in [0.1, 0.15) is 5.82 Å². The lowest BCUT2D eigenvalue weighted by Gasteiger charge is -2.04. The molecule has 0 spiro atoms. The number of hydrogen-bond acceptors (Lipinski definition) is 2. The molecule has 1 atom stereocenters. The lowest BCUT2D eigenvalue weighted by atomic mass is 10.2. The summed E-state index contributed by atoms with van der Waals surface area (Å²) in [6.45, 7) is 1.11. The molecule has 1 aliphatic heterocycles. The normalized spacial score (nSPS) is 21.9. The molecular formula is C11H13N3. The van der Waals surface area contributed by atoms with E-state index in [1.54, 1.807) is 0 Å². The first-order valence-electron chi connectivity index (χ1n) is 5.11. The van der Waals surface area contributed by atoms with E-state index in [9.17, 15) is 0 Å². The fourth-order valence-corrected chi connectivity index (χ4v) is 2.06. The van der Waals surface area contributed by atoms with Gasteiger partial charge >= 0.3 is 0 Å². The molecule has 1 fully saturated rings. The van der Waals surface area contributed by atoms with Crippen LogP contribution in [0, 0.1) is 0 Å². The van der Waals surface area contributed by atoms with Crippen molar-refractivity contribution in [1.82, 2.24) is 15.3 Å². The summed E-state index contributed by atoms with van der Waals surface area (Å²) in [5.41, 5.74) is 2.20. The molecule has 0 aliphatic carbocycles. The number of nitrogens with one attached hydrogen (secondary N) is 2. The molecule has 1 aliphatic rings. The number of fused-ring (bicyclic) bond motifs is 1. The van der Waals surface area contributed by atoms with Gasteiger partial charge in [0.25, 0.3) is 0 Å². The van der Waals surface area contributed by atoms with Gasteiger partial charge in [0.2, 0.25) is 0 Å². The Kier molecular flexibility index (Phi) is 1.77. The van der Waals surface area contributed by atoms with Gasteiger partial charge in [-0.25, -0.2) is 4.98 Å². The Labute approximate surface area is 82.5 Å². The van der Waals surface area contributed by atoms with Crippen LogP contribution in [0.2, 0.25) is 0 Å². The molecule has 14 heavy (non-hydrogen) atoms. The predicted molar refractivity (Wildman–Crippen MR) is 56.1 cm³/mol. The number of rotatable bonds is 1. The minimum Gasteiger partial charge on any atom is -0.341 e. The number of hydrogen-bond donors (Lipinski definition) is 2. The fourth-order valence-electron chi connectivity index (χ4n) is 2.06. The zero-order chi connectivity index (χ0) is 9.38. The van der Waals surface area contributed by atoms with Gasteiger partial charge in [0, 0.05) is 0 Å². The second kappa shape index (κ2) is 3.10. The van der Waals surface area contributed by atoms with Crippen LogP contribution in [0.5, 0.6) is 0 Å². The number of benzene rings is 1. The molecule has 0 radical (unpaired) electrons. The van der Waals surface area contributed by atoms with Gasteiger partial charge in [-0.2, -0.15) is 0 Å². The Morgan fingerprint density at radius 2 is 2.21 bits per heavy atom. The number of nitrogens with zero attached hydrogens (tertiary/aromatic N) is 1. The number of aromatic nitrogens is 2. The standard InChI is InChI=1S/C11H13N3/c1-2-5-9-8(4-1)13-11(14-9)10-6-3-7-12-10/h1-2,4-5,10,12H,3,6-7H2,(H,13,14). The molecule has 1 aromatic carbocycles. The highest BCUT2D eigenvalue weighted by molar-refractivity contribution is 5.74. The molecule has 2 heterocycles. The minimum absolute atomic E-state index is 0.433. The summed E-state index contributed by atoms with van der Waals surface area (Å²) in [6, 6.07) is 8.61. The first-order chi connectivity index (χ1) is 6.93. The minimum atomic E-state index is 0.433. The molecule has 0 bridgehead atoms. The van der Waals surface area contributed by atoms with Crippen LogP contribution < -0.4 is 5.32 Å². The van der Waals surface area contributed by atoms with Crippen LogP contribution in [0.3, 0.4) is 0 Å². The Hall–Kier alpha value is -1.35. The van der Waals surface area contributed by atoms with Crippen LogP contribution in [-0.4, -0.2) is 16.5 Å². The van der Waals surface area contributed by atoms with Crippen LogP contribution in [0.15, 0.2) is 24.3 Å². The van der Waals surface area contributed by atoms with Crippen molar-refractivity contribution >= 4 is 11.0 Å². The number of para-hydroxylation sites is 2. The SMILES string of the molecule is c1ccc2[nH]c(C3CCCN3)nc2c1. The highest BCUT2D eigenvalue weighted by Gasteiger charge is 2.18. The van der Waals surface area contributed by atoms with E-state index in [-0.39, 0.29) is 0 Å². The topological polar surface area (TPSA) is 40.7 Å². The molecule has 2 aromatic rings. The third kappa shape index (κ3) is 1.21. The number of aromatic amines is 1. The zero-order valence-corrected chi connectivity index (χ0v) is 7.96. The van der Waals surface area contributed by atoms with Crippen molar-refractivity contribution in [2.45, 2.75) is 18.9 Å². The summed E-state index contributed by atoms with van der Waals surface area (Å²) in [6.07, 6.45) is 2.45. The first kappa shape index (κ1) is 8.00. The van der Waals surface area contributed by atoms with E-state index >= 15 is 0 Å². The monoisotopic (exact) mass is 187 g/mol. The summed E-state index contributed by atoms with van der Waals surface area (Å²) >= 11 is 0. The van der Waals surface area contributed by atoms with Crippen LogP contribution in [0.25, 0.3) is 11.0 Å². The lowest BCUT2D eigenvalue weighted by Crippen LogP contribution is -2.13. The van der Waals surface area contributed by atoms with Crippen molar-refractivity contribution in [3.8, 4) is 0 Å². The van der Waals surface area contributed by atoms with E-state index in [4.69, 9.17) is 0 Å². The smallest absolute Gasteiger partial charge is 0.124 e. The van der Waals surface area contributed by atoms with Crippen molar-refractivity contribution in [2.24, 2.45) is 0 Å². The van der Waals surface area contributed by atoms with E-state index < -0.39 is 0 Å². The van der Waals surface area contributed by atoms with Crippen LogP contribution >= 0.6 is 0 Å². The van der Waals surface area contributed by atoms with Gasteiger partial charge < -0.3 is 10.3 Å². The molecule has 2 N–H and O–H groups in total. The number of imidazole rings is 1. The molecule has 0 amide bonds. The van der Waals surface area contributed by atoms with Crippen LogP contribution in [-0.2, 0) is 0 Å². The molecule has 1 unspecified atom stereocenters. The molecule has 3 rings (SSSR count). The Bertz CT molecular complexity index is 407. The lowest BCUT2D eigenvalue weighted by molar-refractivity contribution is 0.614. The third-order valence-electron chi connectivity index (χ3n) is 2.80. The van der Waals surface area contributed by atoms with Gasteiger partial charge in [-0.3, -0.25) is 0 Å². The van der Waals surface area contributed by atoms with Crippen molar-refractivity contribution in [3.63, 3.8) is 0 Å². The summed E-state index contributed by atoms with van der Waals surface area (Å²) in [7, 11) is 0. The largest absolute Gasteiger partial charge is 0.341 e. The van der Waals surface area contributed by atoms with E-state index in [2.05, 4.69) is 21.4 Å². The van der Waals surface area contributed by atoms with Crippen LogP contribution in [0.1, 0.15) is 24.7 Å². The van der Waals surface area contributed by atoms with E-state index in [0.29, 0.717) is 6.04 Å². The summed E-state index contributed by atoms with van der Waals surface area (Å²) in [4.78, 5) is 7.94. The maximum atomic E-state index is 4.58. The summed E-state index contributed by atoms with van der Waals surface area (Å²) < 4.78 is 0. The average Bonchev–Trinajstić information content (AvgIpc) is 2.86. The molecular weight excluding hydrogens is 174 g/mol. The second-order valence-corrected chi connectivity index (χ2v) is 3.79. The summed E-state index contributed by atoms with van der Waals surface area (Å²) in [5, 5.41) is 3.44. The van der Waals surface area contributed by atoms with Gasteiger partial charge in [-0.15, -0.1) is 0 Å². The maximum absolute atomic E-state index is 4.58. The van der Waals surface area contributed by atoms with Crippen molar-refractivity contribution in [1.29, 1.82) is 0 Å². The highest BCUT2D eigenvalue weighted by atomic mass is 15.0. The third-order valence-corrected chi connectivity index (χ3v) is 2.80. The van der Waals surface area contributed by atoms with Crippen molar-refractivity contribution in [3.05, 3.63) is 30.1 Å². The van der Waals surface area contributed by atoms with Gasteiger partial charge in [0.15, 0.2) is 0 Å². The molecule has 72 valence electrons. The molecule has 1 saturated heterocycles. The Morgan fingerprint density at radius 1 is 1.29 bits per heavy atom. The number of H-pyrrole nitrogens is 1. The van der Waals surface area contributed by atoms with Crippen molar-refractivity contribution < 1.29 is 0 Å². The van der Waals surface area contributed by atoms with E-state index in [1.165, 1.54) is 12.8 Å². The van der Waals surface area contributed by atoms with Gasteiger partial charge in [-0.05, 0) is 31.5 Å². The molecule has 0 saturated carbocycles. The molecule has 3 nitrogen and oxygen atoms in total. The van der Waals surface area contributed by atoms with Gasteiger partial charge in [-0.1, -0.05) is 12.1 Å². The highest BCUT2D eigenvalue weighted by Crippen LogP contribution is 2.22. The molecule has 3 heteroatoms. The quantitative estimate of drug-likeness (QED) is 0.716. The second-order valence-electron chi connectivity index (χ2n) is 3.79. The van der Waals surface area contributed by atoms with E-state index in [1.807, 2.05) is 18.2 Å². The summed E-state index contributed by atoms with van der Waals surface area (Å²) in [5.74, 6) is 1.09. The van der Waals surface area contributed by atoms with E-state index in [0.717, 1.165) is 23.4 Å². The fraction of sp³-hybridized carbons (Fsp3) is 0.364. The first-order valence-corrected chi connectivity index (χ1v) is 5.11. The average molecular weight is 187 g/mol. The zero-order valence-electron chi connectivity index (χ0n) is 7.96. The Morgan fingerprint density at radius 3 is 3.00 bits per heavy atom. The Balaban J connectivity index is 2.05. The molecule has 1 aromatic heterocycles. The van der Waals surface area contributed by atoms with Gasteiger partial charge in [0.05, 0.1) is 17.1 Å². The predicted octanol–water partition coefficient (Wildman–Crippen LogP) is 1.99. The van der Waals surface area contributed by atoms with Crippen LogP contribution in [0.4, 0.5) is 0 Å². The maximum Gasteiger partial charge on any atom is 0.124 e.